The van der Waals surface area contributed by atoms with E-state index >= 15 is 0 Å². The summed E-state index contributed by atoms with van der Waals surface area (Å²) in [6.45, 7) is 5.54. The van der Waals surface area contributed by atoms with Gasteiger partial charge in [-0.3, -0.25) is 4.79 Å². The fourth-order valence-electron chi connectivity index (χ4n) is 3.91. The number of benzene rings is 1. The van der Waals surface area contributed by atoms with Gasteiger partial charge in [-0.25, -0.2) is 27.5 Å². The molecule has 1 aromatic carbocycles. The van der Waals surface area contributed by atoms with Gasteiger partial charge in [0.15, 0.2) is 0 Å². The first-order chi connectivity index (χ1) is 19.1. The van der Waals surface area contributed by atoms with E-state index in [0.29, 0.717) is 34.1 Å². The van der Waals surface area contributed by atoms with Crippen molar-refractivity contribution in [2.24, 2.45) is 0 Å². The number of nitrogens with one attached hydrogen (secondary N) is 2. The summed E-state index contributed by atoms with van der Waals surface area (Å²) in [7, 11) is -2.35. The zero-order valence-corrected chi connectivity index (χ0v) is 23.8. The third-order valence-electron chi connectivity index (χ3n) is 5.92. The summed E-state index contributed by atoms with van der Waals surface area (Å²) in [5.74, 6) is -0.0783. The predicted octanol–water partition coefficient (Wildman–Crippen LogP) is 4.16. The van der Waals surface area contributed by atoms with E-state index in [9.17, 15) is 22.9 Å². The summed E-state index contributed by atoms with van der Waals surface area (Å²) in [6.07, 6.45) is 1.34. The average Bonchev–Trinajstić information content (AvgIpc) is 3.52. The number of hydrogen-bond acceptors (Lipinski definition) is 10. The van der Waals surface area contributed by atoms with Gasteiger partial charge < -0.3 is 19.4 Å². The van der Waals surface area contributed by atoms with Gasteiger partial charge in [0.1, 0.15) is 46.1 Å². The highest BCUT2D eigenvalue weighted by molar-refractivity contribution is 7.90. The third kappa shape index (κ3) is 5.85. The Hall–Kier alpha value is -4.22. The molecule has 0 fully saturated rings. The molecule has 4 rings (SSSR count). The molecule has 0 aliphatic heterocycles. The maximum absolute atomic E-state index is 14.7. The van der Waals surface area contributed by atoms with E-state index in [1.807, 2.05) is 0 Å². The van der Waals surface area contributed by atoms with Crippen LogP contribution in [0.2, 0.25) is 0 Å². The minimum absolute atomic E-state index is 0.107. The van der Waals surface area contributed by atoms with Crippen LogP contribution in [-0.2, 0) is 16.6 Å². The molecule has 2 N–H and O–H groups in total. The molecule has 0 saturated carbocycles. The Morgan fingerprint density at radius 1 is 1.23 bits per heavy atom. The van der Waals surface area contributed by atoms with Crippen molar-refractivity contribution in [2.45, 2.75) is 32.6 Å². The number of hydrogen-bond donors (Lipinski definition) is 2. The second-order valence-electron chi connectivity index (χ2n) is 8.78. The Morgan fingerprint density at radius 3 is 2.67 bits per heavy atom. The van der Waals surface area contributed by atoms with Crippen molar-refractivity contribution in [3.63, 3.8) is 0 Å². The Balaban J connectivity index is 1.55. The second-order valence-corrected chi connectivity index (χ2v) is 12.1. The second kappa shape index (κ2) is 11.9. The Kier molecular flexibility index (Phi) is 8.55. The van der Waals surface area contributed by atoms with Crippen LogP contribution in [0, 0.1) is 17.1 Å². The quantitative estimate of drug-likeness (QED) is 0.264. The molecule has 4 aromatic rings. The zero-order valence-electron chi connectivity index (χ0n) is 22.2. The number of halogens is 1. The highest BCUT2D eigenvalue weighted by atomic mass is 32.2. The topological polar surface area (TPSA) is 148 Å². The van der Waals surface area contributed by atoms with Crippen LogP contribution in [0.4, 0.5) is 10.2 Å². The van der Waals surface area contributed by atoms with Crippen LogP contribution in [0.3, 0.4) is 0 Å². The van der Waals surface area contributed by atoms with Crippen molar-refractivity contribution < 1.29 is 27.1 Å². The number of aromatic nitrogens is 3. The van der Waals surface area contributed by atoms with Crippen molar-refractivity contribution in [3.05, 3.63) is 53.0 Å². The van der Waals surface area contributed by atoms with Crippen LogP contribution >= 0.6 is 11.3 Å². The van der Waals surface area contributed by atoms with Crippen molar-refractivity contribution in [3.8, 4) is 28.1 Å². The van der Waals surface area contributed by atoms with E-state index in [1.54, 1.807) is 29.7 Å². The van der Waals surface area contributed by atoms with E-state index in [0.717, 1.165) is 11.3 Å². The van der Waals surface area contributed by atoms with E-state index < -0.39 is 27.0 Å². The fourth-order valence-corrected chi connectivity index (χ4v) is 5.54. The molecule has 3 aromatic heterocycles. The maximum atomic E-state index is 14.7. The maximum Gasteiger partial charge on any atom is 0.278 e. The van der Waals surface area contributed by atoms with Gasteiger partial charge in [0.05, 0.1) is 35.1 Å². The molecule has 3 heterocycles. The van der Waals surface area contributed by atoms with Crippen LogP contribution in [-0.4, -0.2) is 54.4 Å². The van der Waals surface area contributed by atoms with E-state index in [1.165, 1.54) is 39.4 Å². The van der Waals surface area contributed by atoms with Gasteiger partial charge in [0, 0.05) is 30.6 Å². The van der Waals surface area contributed by atoms with E-state index in [-0.39, 0.29) is 35.0 Å². The van der Waals surface area contributed by atoms with Gasteiger partial charge in [-0.05, 0) is 39.0 Å². The largest absolute Gasteiger partial charge is 0.496 e. The first-order valence-electron chi connectivity index (χ1n) is 12.2. The number of sulfonamides is 1. The molecular formula is C26H27FN6O5S2. The lowest BCUT2D eigenvalue weighted by atomic mass is 10.2. The molecular weight excluding hydrogens is 559 g/mol. The summed E-state index contributed by atoms with van der Waals surface area (Å²) in [6, 6.07) is 9.79. The van der Waals surface area contributed by atoms with E-state index in [4.69, 9.17) is 9.47 Å². The van der Waals surface area contributed by atoms with Crippen molar-refractivity contribution in [2.75, 3.05) is 25.6 Å². The summed E-state index contributed by atoms with van der Waals surface area (Å²) in [5, 5.41) is 12.5. The van der Waals surface area contributed by atoms with Crippen LogP contribution < -0.4 is 19.5 Å². The van der Waals surface area contributed by atoms with Gasteiger partial charge in [0.25, 0.3) is 5.91 Å². The number of fused-ring (bicyclic) bond motifs is 1. The Morgan fingerprint density at radius 2 is 2.00 bits per heavy atom. The molecule has 11 nitrogen and oxygen atoms in total. The molecule has 0 unspecified atom stereocenters. The average molecular weight is 587 g/mol. The number of thiophene rings is 1. The third-order valence-corrected chi connectivity index (χ3v) is 8.77. The number of carbonyl (C=O) groups excluding carboxylic acids is 1. The van der Waals surface area contributed by atoms with Gasteiger partial charge in [-0.15, -0.1) is 11.3 Å². The predicted molar refractivity (Wildman–Crippen MR) is 150 cm³/mol. The van der Waals surface area contributed by atoms with Gasteiger partial charge in [-0.2, -0.15) is 5.26 Å². The number of nitriles is 1. The molecule has 0 saturated heterocycles. The van der Waals surface area contributed by atoms with Crippen molar-refractivity contribution >= 4 is 44.0 Å². The van der Waals surface area contributed by atoms with Gasteiger partial charge in [-0.1, -0.05) is 0 Å². The SMILES string of the molecule is CCOc1cc(-c2cc(NCCn3c(C#N)cc4c(OC)ccc(F)c43)ncn2)sc1C(=O)NS(=O)(=O)C(C)C. The first kappa shape index (κ1) is 28.8. The number of nitrogens with zero attached hydrogens (tertiary/aromatic N) is 4. The van der Waals surface area contributed by atoms with Gasteiger partial charge >= 0.3 is 0 Å². The molecule has 1 amide bonds. The van der Waals surface area contributed by atoms with E-state index in [2.05, 4.69) is 26.1 Å². The summed E-state index contributed by atoms with van der Waals surface area (Å²) < 4.78 is 53.7. The zero-order chi connectivity index (χ0) is 29.0. The lowest BCUT2D eigenvalue weighted by Crippen LogP contribution is -2.35. The monoisotopic (exact) mass is 586 g/mol. The summed E-state index contributed by atoms with van der Waals surface area (Å²) >= 11 is 1.04. The molecule has 0 radical (unpaired) electrons. The lowest BCUT2D eigenvalue weighted by Gasteiger charge is -2.11. The highest BCUT2D eigenvalue weighted by Gasteiger charge is 2.25. The molecule has 0 atom stereocenters. The Labute approximate surface area is 234 Å². The Bertz CT molecular complexity index is 1710. The summed E-state index contributed by atoms with van der Waals surface area (Å²) in [5.41, 5.74) is 1.04. The molecule has 14 heteroatoms. The standard InChI is InChI=1S/C26H27FN6O5S2/c1-5-38-21-12-22(39-25(21)26(34)32-40(35,36)15(2)3)19-11-23(31-14-30-19)29-8-9-33-16(13-28)10-17-20(37-4)7-6-18(27)24(17)33/h6-7,10-12,14-15H,5,8-9H2,1-4H3,(H,32,34)(H,29,30,31). The number of amides is 1. The smallest absolute Gasteiger partial charge is 0.278 e. The number of anilines is 1. The molecule has 210 valence electrons. The fraction of sp³-hybridized carbons (Fsp3) is 0.308. The van der Waals surface area contributed by atoms with Crippen LogP contribution in [0.25, 0.3) is 21.5 Å². The lowest BCUT2D eigenvalue weighted by molar-refractivity contribution is 0.0981. The molecule has 0 spiro atoms. The van der Waals surface area contributed by atoms with Crippen LogP contribution in [0.1, 0.15) is 36.1 Å². The number of ether oxygens (including phenoxy) is 2. The highest BCUT2D eigenvalue weighted by Crippen LogP contribution is 2.36. The number of rotatable bonds is 11. The van der Waals surface area contributed by atoms with Crippen LogP contribution in [0.5, 0.6) is 11.5 Å². The summed E-state index contributed by atoms with van der Waals surface area (Å²) in [4.78, 5) is 22.0. The molecule has 0 aliphatic rings. The minimum atomic E-state index is -3.83. The number of carbonyl (C=O) groups is 1. The van der Waals surface area contributed by atoms with Gasteiger partial charge in [0.2, 0.25) is 10.0 Å². The van der Waals surface area contributed by atoms with Crippen molar-refractivity contribution in [1.82, 2.24) is 19.3 Å². The molecule has 0 aliphatic carbocycles. The number of methoxy groups -OCH3 is 1. The minimum Gasteiger partial charge on any atom is -0.496 e. The van der Waals surface area contributed by atoms with Crippen molar-refractivity contribution in [1.29, 1.82) is 5.26 Å². The first-order valence-corrected chi connectivity index (χ1v) is 14.6. The molecule has 40 heavy (non-hydrogen) atoms. The van der Waals surface area contributed by atoms with Crippen LogP contribution in [0.15, 0.2) is 36.7 Å². The molecule has 0 bridgehead atoms. The normalized spacial score (nSPS) is 11.4.